The predicted molar refractivity (Wildman–Crippen MR) is 343 cm³/mol. The van der Waals surface area contributed by atoms with Gasteiger partial charge in [-0.25, -0.2) is 0 Å². The lowest BCUT2D eigenvalue weighted by Crippen LogP contribution is -2.31. The van der Waals surface area contributed by atoms with Crippen molar-refractivity contribution in [1.29, 1.82) is 0 Å². The van der Waals surface area contributed by atoms with Crippen LogP contribution in [-0.2, 0) is 81.0 Å². The number of carboxylic acid groups (broad SMARTS) is 3. The molecule has 2 fully saturated rings. The average molecular weight is 1350 g/mol. The Bertz CT molecular complexity index is 1900. The minimum atomic E-state index is -1.08. The molecule has 0 saturated carbocycles. The number of carboxylic acids is 3. The van der Waals surface area contributed by atoms with Gasteiger partial charge < -0.3 is 69.2 Å². The van der Waals surface area contributed by atoms with Gasteiger partial charge in [0.05, 0.1) is 82.5 Å². The highest BCUT2D eigenvalue weighted by atomic mass is 33.2. The maximum Gasteiger partial charge on any atom is 0.308 e. The molecule has 2 rings (SSSR count). The van der Waals surface area contributed by atoms with Crippen molar-refractivity contribution in [2.24, 2.45) is 11.8 Å². The predicted octanol–water partition coefficient (Wildman–Crippen LogP) is 8.91. The number of carbonyl (C=O) groups is 9. The summed E-state index contributed by atoms with van der Waals surface area (Å²) in [5, 5.41) is 36.2. The summed E-state index contributed by atoms with van der Waals surface area (Å²) in [6, 6.07) is 0. The Morgan fingerprint density at radius 1 is 0.356 bits per heavy atom. The van der Waals surface area contributed by atoms with Crippen LogP contribution in [0.25, 0.3) is 0 Å². The number of carbonyl (C=O) groups excluding carboxylic acids is 6. The number of unbranched alkanes of at least 4 members (excludes halogenated alkanes) is 14. The van der Waals surface area contributed by atoms with Crippen molar-refractivity contribution >= 4 is 118 Å². The number of amides is 3. The second-order valence-electron chi connectivity index (χ2n) is 21.0. The van der Waals surface area contributed by atoms with Crippen molar-refractivity contribution in [3.8, 4) is 0 Å². The van der Waals surface area contributed by atoms with Gasteiger partial charge in [-0.2, -0.15) is 0 Å². The molecule has 2 heterocycles. The van der Waals surface area contributed by atoms with Crippen molar-refractivity contribution < 1.29 is 96.4 Å². The summed E-state index contributed by atoms with van der Waals surface area (Å²) >= 11 is 0. The minimum Gasteiger partial charge on any atom is -0.481 e. The van der Waals surface area contributed by atoms with Gasteiger partial charge in [-0.05, 0) is 66.5 Å². The van der Waals surface area contributed by atoms with E-state index < -0.39 is 29.7 Å². The number of hydrogen-bond donors (Lipinski definition) is 6. The van der Waals surface area contributed by atoms with Crippen LogP contribution < -0.4 is 16.0 Å². The molecule has 0 aromatic carbocycles. The zero-order valence-corrected chi connectivity index (χ0v) is 55.7. The molecule has 0 unspecified atom stereocenters. The van der Waals surface area contributed by atoms with Gasteiger partial charge in [0.2, 0.25) is 17.7 Å². The Labute approximate surface area is 538 Å². The Morgan fingerprint density at radius 3 is 1.21 bits per heavy atom. The monoisotopic (exact) mass is 1350 g/mol. The van der Waals surface area contributed by atoms with Gasteiger partial charge in [0.15, 0.2) is 14.3 Å². The molecule has 0 aliphatic carbocycles. The van der Waals surface area contributed by atoms with Crippen molar-refractivity contribution in [3.05, 3.63) is 0 Å². The van der Waals surface area contributed by atoms with Gasteiger partial charge in [0.25, 0.3) is 0 Å². The molecule has 0 radical (unpaired) electrons. The number of ketones is 3. The fourth-order valence-electron chi connectivity index (χ4n) is 8.46. The fourth-order valence-corrected chi connectivity index (χ4v) is 22.3. The lowest BCUT2D eigenvalue weighted by atomic mass is 9.94. The number of Topliss-reactive ketones (excluding diaryl/α,β-unsaturated/α-hetero) is 3. The van der Waals surface area contributed by atoms with Crippen LogP contribution in [0.3, 0.4) is 0 Å². The number of rotatable bonds is 64. The summed E-state index contributed by atoms with van der Waals surface area (Å²) < 4.78 is 43.4. The number of nitrogens with one attached hydrogen (secondary N) is 3. The van der Waals surface area contributed by atoms with Gasteiger partial charge in [-0.3, -0.25) is 43.2 Å². The van der Waals surface area contributed by atoms with Crippen LogP contribution in [0, 0.1) is 11.8 Å². The molecule has 3 amide bonds. The summed E-state index contributed by atoms with van der Waals surface area (Å²) in [6.07, 6.45) is 19.3. The van der Waals surface area contributed by atoms with E-state index >= 15 is 0 Å². The minimum absolute atomic E-state index is 0.00475. The van der Waals surface area contributed by atoms with E-state index in [9.17, 15) is 53.4 Å². The van der Waals surface area contributed by atoms with Crippen molar-refractivity contribution in [3.63, 3.8) is 0 Å². The summed E-state index contributed by atoms with van der Waals surface area (Å²) in [7, 11) is 10.5. The van der Waals surface area contributed by atoms with Crippen LogP contribution >= 0.6 is 64.8 Å². The number of ether oxygens (including phenoxy) is 8. The van der Waals surface area contributed by atoms with Crippen LogP contribution in [0.2, 0.25) is 0 Å². The van der Waals surface area contributed by atoms with Crippen LogP contribution in [0.5, 0.6) is 0 Å². The molecule has 1 spiro atoms. The van der Waals surface area contributed by atoms with Crippen LogP contribution in [0.1, 0.15) is 167 Å². The van der Waals surface area contributed by atoms with Crippen molar-refractivity contribution in [1.82, 2.24) is 16.0 Å². The van der Waals surface area contributed by atoms with E-state index in [4.69, 9.17) is 43.0 Å². The summed E-state index contributed by atoms with van der Waals surface area (Å²) in [6.45, 7) is 3.64. The van der Waals surface area contributed by atoms with E-state index in [0.717, 1.165) is 44.9 Å². The molecule has 2 aliphatic rings. The van der Waals surface area contributed by atoms with Crippen LogP contribution in [0.4, 0.5) is 0 Å². The lowest BCUT2D eigenvalue weighted by Gasteiger charge is -2.27. The molecule has 6 N–H and O–H groups in total. The van der Waals surface area contributed by atoms with Gasteiger partial charge in [-0.15, -0.1) is 0 Å². The second-order valence-corrected chi connectivity index (χ2v) is 30.5. The van der Waals surface area contributed by atoms with E-state index in [1.807, 2.05) is 21.6 Å². The van der Waals surface area contributed by atoms with Gasteiger partial charge >= 0.3 is 17.9 Å². The first-order valence-corrected chi connectivity index (χ1v) is 37.5. The molecule has 0 aromatic heterocycles. The smallest absolute Gasteiger partial charge is 0.308 e. The summed E-state index contributed by atoms with van der Waals surface area (Å²) in [5.41, 5.74) is 0. The van der Waals surface area contributed by atoms with E-state index in [0.29, 0.717) is 64.7 Å². The second kappa shape index (κ2) is 55.3. The van der Waals surface area contributed by atoms with Crippen LogP contribution in [0.15, 0.2) is 0 Å². The number of aliphatic carboxylic acids is 3. The Hall–Kier alpha value is -2.39. The highest BCUT2D eigenvalue weighted by Crippen LogP contribution is 2.84. The van der Waals surface area contributed by atoms with Crippen molar-refractivity contribution in [2.75, 3.05) is 125 Å². The van der Waals surface area contributed by atoms with E-state index in [1.165, 1.54) is 44.9 Å². The Morgan fingerprint density at radius 2 is 0.759 bits per heavy atom. The highest BCUT2D eigenvalue weighted by molar-refractivity contribution is 9.14. The summed E-state index contributed by atoms with van der Waals surface area (Å²) in [5.74, 6) is -5.01. The third kappa shape index (κ3) is 49.0. The Balaban J connectivity index is 1.26. The first-order chi connectivity index (χ1) is 42.2. The zero-order valence-electron chi connectivity index (χ0n) is 50.8. The van der Waals surface area contributed by atoms with E-state index in [2.05, 4.69) is 16.0 Å². The highest BCUT2D eigenvalue weighted by Gasteiger charge is 2.53. The maximum atomic E-state index is 12.5. The normalized spacial score (nSPS) is 14.3. The largest absolute Gasteiger partial charge is 0.481 e. The fraction of sp³-hybridized carbons (Fsp3) is 0.845. The molecule has 29 heteroatoms. The molecule has 502 valence electrons. The molecular formula is C58H99N3O20S6. The molecule has 2 aliphatic heterocycles. The molecule has 2 saturated heterocycles. The van der Waals surface area contributed by atoms with Crippen molar-refractivity contribution in [2.45, 2.75) is 174 Å². The Kier molecular flexibility index (Phi) is 51.3. The van der Waals surface area contributed by atoms with Gasteiger partial charge in [-0.1, -0.05) is 127 Å². The summed E-state index contributed by atoms with van der Waals surface area (Å²) in [4.78, 5) is 107. The average Bonchev–Trinajstić information content (AvgIpc) is 2.54. The molecule has 2 atom stereocenters. The number of hydrogen-bond acceptors (Lipinski definition) is 23. The quantitative estimate of drug-likeness (QED) is 0.0188. The third-order valence-corrected chi connectivity index (χ3v) is 27.2. The maximum absolute atomic E-state index is 12.5. The molecule has 0 aromatic rings. The van der Waals surface area contributed by atoms with E-state index in [1.54, 1.807) is 43.2 Å². The molecular weight excluding hydrogens is 1250 g/mol. The first kappa shape index (κ1) is 80.7. The zero-order chi connectivity index (χ0) is 63.3. The standard InChI is InChI=1S/C58H99N3O20S6/c62-47(19-13-11-9-7-5-3-1-2-4-6-8-10-12-14-23-54(68)69)41-46(55(70)71)24-25-51(65)60-27-31-76-35-37-78-42-48(63)21-18-30-75-34-40-81-45-53(67)61-28-32-77-36-38-79-43-49(64)20-17-29-74-33-39-80-44-52(66)59-26-16-15-22-50(56(72)73)57-82-84-58(85-83-57)86-87-58/h46,50,57H,1-45H2,(H,59,66)(H,60,65)(H,61,67)(H,68,69)(H,70,71)(H,72,73)/t46-,50+/m1/s1. The van der Waals surface area contributed by atoms with Gasteiger partial charge in [0, 0.05) is 71.4 Å². The third-order valence-electron chi connectivity index (χ3n) is 13.4. The topological polar surface area (TPSA) is 324 Å². The first-order valence-electron chi connectivity index (χ1n) is 30.9. The lowest BCUT2D eigenvalue weighted by molar-refractivity contribution is -0.144. The molecule has 0 bridgehead atoms. The van der Waals surface area contributed by atoms with Crippen LogP contribution in [-0.4, -0.2) is 201 Å². The van der Waals surface area contributed by atoms with E-state index in [-0.39, 0.29) is 180 Å². The van der Waals surface area contributed by atoms with Gasteiger partial charge in [0.1, 0.15) is 32.2 Å². The molecule has 23 nitrogen and oxygen atoms in total. The SMILES string of the molecule is O=C(O)CCCCCCCCCCCCCCCCC(=O)C[C@@H](CCC(=O)NCCOCCOCC(=O)CCCOCCOCC(=O)NCCOCCOCC(=O)CCCOCCOCC(=O)NCCCC[C@@H](C(=O)O)C1SSC2(SS1)SS2)C(=O)O. The molecule has 87 heavy (non-hydrogen) atoms.